The minimum absolute atomic E-state index is 0.178. The Labute approximate surface area is 154 Å². The molecule has 0 aromatic heterocycles. The Morgan fingerprint density at radius 1 is 0.800 bits per heavy atom. The maximum atomic E-state index is 11.4. The third-order valence-corrected chi connectivity index (χ3v) is 4.50. The average Bonchev–Trinajstić information content (AvgIpc) is 2.62. The summed E-state index contributed by atoms with van der Waals surface area (Å²) in [7, 11) is 0. The summed E-state index contributed by atoms with van der Waals surface area (Å²) in [6.07, 6.45) is 20.3. The summed E-state index contributed by atoms with van der Waals surface area (Å²) in [4.78, 5) is 14.0. The van der Waals surface area contributed by atoms with E-state index in [-0.39, 0.29) is 19.1 Å². The molecular formula is C20H39N3O2. The normalized spacial score (nSPS) is 10.4. The minimum Gasteiger partial charge on any atom is -0.466 e. The first-order valence-corrected chi connectivity index (χ1v) is 10.5. The monoisotopic (exact) mass is 353 g/mol. The molecule has 0 aromatic carbocycles. The molecule has 0 aliphatic rings. The SMILES string of the molecule is CCCCCCCCCCCCCCCCCC(=O)OCCN=[N+]=[N-]. The summed E-state index contributed by atoms with van der Waals surface area (Å²) in [6, 6.07) is 0. The fourth-order valence-electron chi connectivity index (χ4n) is 2.96. The molecule has 0 amide bonds. The smallest absolute Gasteiger partial charge is 0.305 e. The molecule has 25 heavy (non-hydrogen) atoms. The number of esters is 1. The summed E-state index contributed by atoms with van der Waals surface area (Å²) >= 11 is 0. The van der Waals surface area contributed by atoms with E-state index in [1.54, 1.807) is 0 Å². The molecule has 0 heterocycles. The predicted octanol–water partition coefficient (Wildman–Crippen LogP) is 7.10. The second kappa shape index (κ2) is 20.8. The van der Waals surface area contributed by atoms with Crippen molar-refractivity contribution in [1.29, 1.82) is 0 Å². The number of carbonyl (C=O) groups is 1. The van der Waals surface area contributed by atoms with Crippen LogP contribution in [0.2, 0.25) is 0 Å². The van der Waals surface area contributed by atoms with Gasteiger partial charge in [-0.2, -0.15) is 0 Å². The van der Waals surface area contributed by atoms with Gasteiger partial charge in [-0.1, -0.05) is 102 Å². The zero-order valence-electron chi connectivity index (χ0n) is 16.4. The molecule has 0 spiro atoms. The van der Waals surface area contributed by atoms with E-state index in [0.717, 1.165) is 12.8 Å². The van der Waals surface area contributed by atoms with Crippen LogP contribution in [-0.2, 0) is 9.53 Å². The minimum atomic E-state index is -0.178. The Bertz CT molecular complexity index is 342. The lowest BCUT2D eigenvalue weighted by molar-refractivity contribution is -0.143. The molecule has 0 radical (unpaired) electrons. The molecule has 5 heteroatoms. The van der Waals surface area contributed by atoms with E-state index in [1.165, 1.54) is 83.5 Å². The van der Waals surface area contributed by atoms with E-state index in [0.29, 0.717) is 6.42 Å². The highest BCUT2D eigenvalue weighted by Gasteiger charge is 2.01. The van der Waals surface area contributed by atoms with Crippen molar-refractivity contribution < 1.29 is 9.53 Å². The Kier molecular flexibility index (Phi) is 19.8. The molecular weight excluding hydrogens is 314 g/mol. The van der Waals surface area contributed by atoms with Gasteiger partial charge in [-0.3, -0.25) is 4.79 Å². The first-order chi connectivity index (χ1) is 12.3. The number of carbonyl (C=O) groups excluding carboxylic acids is 1. The van der Waals surface area contributed by atoms with Gasteiger partial charge in [0, 0.05) is 11.3 Å². The van der Waals surface area contributed by atoms with Gasteiger partial charge < -0.3 is 4.74 Å². The highest BCUT2D eigenvalue weighted by atomic mass is 16.5. The fraction of sp³-hybridized carbons (Fsp3) is 0.950. The quantitative estimate of drug-likeness (QED) is 0.0816. The molecule has 0 rings (SSSR count). The van der Waals surface area contributed by atoms with E-state index >= 15 is 0 Å². The van der Waals surface area contributed by atoms with Gasteiger partial charge in [0.05, 0.1) is 13.2 Å². The molecule has 5 nitrogen and oxygen atoms in total. The second-order valence-electron chi connectivity index (χ2n) is 6.87. The summed E-state index contributed by atoms with van der Waals surface area (Å²) in [5.41, 5.74) is 8.10. The highest BCUT2D eigenvalue weighted by Crippen LogP contribution is 2.13. The van der Waals surface area contributed by atoms with Crippen molar-refractivity contribution in [2.45, 2.75) is 110 Å². The number of azide groups is 1. The van der Waals surface area contributed by atoms with Crippen molar-refractivity contribution in [1.82, 2.24) is 0 Å². The lowest BCUT2D eigenvalue weighted by Gasteiger charge is -2.04. The molecule has 0 atom stereocenters. The summed E-state index contributed by atoms with van der Waals surface area (Å²) in [5, 5.41) is 3.32. The van der Waals surface area contributed by atoms with Crippen LogP contribution in [0.5, 0.6) is 0 Å². The third-order valence-electron chi connectivity index (χ3n) is 4.50. The van der Waals surface area contributed by atoms with Crippen LogP contribution in [0, 0.1) is 0 Å². The van der Waals surface area contributed by atoms with Crippen molar-refractivity contribution in [3.63, 3.8) is 0 Å². The molecule has 0 N–H and O–H groups in total. The van der Waals surface area contributed by atoms with Gasteiger partial charge in [-0.15, -0.1) is 0 Å². The number of rotatable bonds is 19. The van der Waals surface area contributed by atoms with Crippen molar-refractivity contribution in [2.75, 3.05) is 13.2 Å². The molecule has 146 valence electrons. The molecule has 0 saturated carbocycles. The van der Waals surface area contributed by atoms with Crippen molar-refractivity contribution >= 4 is 5.97 Å². The zero-order chi connectivity index (χ0) is 18.4. The fourth-order valence-corrected chi connectivity index (χ4v) is 2.96. The van der Waals surface area contributed by atoms with Crippen LogP contribution in [0.15, 0.2) is 5.11 Å². The van der Waals surface area contributed by atoms with Gasteiger partial charge in [0.1, 0.15) is 0 Å². The number of nitrogens with zero attached hydrogens (tertiary/aromatic N) is 3. The molecule has 0 bridgehead atoms. The Morgan fingerprint density at radius 2 is 1.24 bits per heavy atom. The number of hydrogen-bond acceptors (Lipinski definition) is 3. The van der Waals surface area contributed by atoms with E-state index in [4.69, 9.17) is 10.3 Å². The Morgan fingerprint density at radius 3 is 1.68 bits per heavy atom. The van der Waals surface area contributed by atoms with Crippen LogP contribution < -0.4 is 0 Å². The lowest BCUT2D eigenvalue weighted by Crippen LogP contribution is -2.07. The first-order valence-electron chi connectivity index (χ1n) is 10.5. The van der Waals surface area contributed by atoms with Gasteiger partial charge in [0.2, 0.25) is 0 Å². The number of unbranched alkanes of at least 4 members (excludes halogenated alkanes) is 14. The van der Waals surface area contributed by atoms with E-state index < -0.39 is 0 Å². The van der Waals surface area contributed by atoms with Gasteiger partial charge >= 0.3 is 5.97 Å². The Balaban J connectivity index is 3.11. The third kappa shape index (κ3) is 20.7. The molecule has 0 aromatic rings. The van der Waals surface area contributed by atoms with Crippen LogP contribution in [0.4, 0.5) is 0 Å². The van der Waals surface area contributed by atoms with E-state index in [9.17, 15) is 4.79 Å². The van der Waals surface area contributed by atoms with Gasteiger partial charge in [-0.25, -0.2) is 0 Å². The second-order valence-corrected chi connectivity index (χ2v) is 6.87. The van der Waals surface area contributed by atoms with E-state index in [1.807, 2.05) is 0 Å². The van der Waals surface area contributed by atoms with Crippen LogP contribution in [0.1, 0.15) is 110 Å². The van der Waals surface area contributed by atoms with Crippen molar-refractivity contribution in [3.8, 4) is 0 Å². The summed E-state index contributed by atoms with van der Waals surface area (Å²) in [6.45, 7) is 2.69. The molecule has 0 aliphatic heterocycles. The van der Waals surface area contributed by atoms with Crippen LogP contribution in [0.25, 0.3) is 10.4 Å². The van der Waals surface area contributed by atoms with Gasteiger partial charge in [-0.05, 0) is 12.0 Å². The average molecular weight is 354 g/mol. The summed E-state index contributed by atoms with van der Waals surface area (Å²) < 4.78 is 4.96. The molecule has 0 fully saturated rings. The Hall–Kier alpha value is -1.22. The first kappa shape index (κ1) is 23.8. The molecule has 0 saturated heterocycles. The number of hydrogen-bond donors (Lipinski definition) is 0. The molecule has 0 unspecified atom stereocenters. The van der Waals surface area contributed by atoms with Crippen LogP contribution in [0.3, 0.4) is 0 Å². The lowest BCUT2D eigenvalue weighted by atomic mass is 10.0. The topological polar surface area (TPSA) is 75.1 Å². The number of ether oxygens (including phenoxy) is 1. The standard InChI is InChI=1S/C20H39N3O2/c1-2-3-4-5-6-7-8-9-10-11-12-13-14-15-16-17-20(24)25-19-18-22-23-21/h2-19H2,1H3. The summed E-state index contributed by atoms with van der Waals surface area (Å²) in [5.74, 6) is -0.178. The van der Waals surface area contributed by atoms with Gasteiger partial charge in [0.25, 0.3) is 0 Å². The molecule has 0 aliphatic carbocycles. The van der Waals surface area contributed by atoms with Crippen LogP contribution >= 0.6 is 0 Å². The van der Waals surface area contributed by atoms with E-state index in [2.05, 4.69) is 16.9 Å². The maximum absolute atomic E-state index is 11.4. The van der Waals surface area contributed by atoms with Gasteiger partial charge in [0.15, 0.2) is 0 Å². The largest absolute Gasteiger partial charge is 0.466 e. The van der Waals surface area contributed by atoms with Crippen molar-refractivity contribution in [2.24, 2.45) is 5.11 Å². The predicted molar refractivity (Wildman–Crippen MR) is 105 cm³/mol. The van der Waals surface area contributed by atoms with Crippen molar-refractivity contribution in [3.05, 3.63) is 10.4 Å². The maximum Gasteiger partial charge on any atom is 0.305 e. The van der Waals surface area contributed by atoms with Crippen LogP contribution in [-0.4, -0.2) is 19.1 Å². The zero-order valence-corrected chi connectivity index (χ0v) is 16.4. The highest BCUT2D eigenvalue weighted by molar-refractivity contribution is 5.69.